The van der Waals surface area contributed by atoms with Gasteiger partial charge in [0.05, 0.1) is 24.7 Å². The van der Waals surface area contributed by atoms with Crippen LogP contribution in [0, 0.1) is 0 Å². The van der Waals surface area contributed by atoms with Crippen LogP contribution in [0.5, 0.6) is 11.5 Å². The van der Waals surface area contributed by atoms with Crippen molar-refractivity contribution in [3.8, 4) is 11.5 Å². The summed E-state index contributed by atoms with van der Waals surface area (Å²) < 4.78 is 39.1. The predicted octanol–water partition coefficient (Wildman–Crippen LogP) is 0.643. The number of sulfonamides is 1. The Hall–Kier alpha value is -2.66. The maximum Gasteiger partial charge on any atom is 0.241 e. The summed E-state index contributed by atoms with van der Waals surface area (Å²) in [4.78, 5) is 16.5. The molecule has 10 nitrogen and oxygen atoms in total. The molecule has 152 valence electrons. The Kier molecular flexibility index (Phi) is 5.84. The topological polar surface area (TPSA) is 110 Å². The Balaban J connectivity index is 1.81. The molecule has 1 aromatic heterocycles. The van der Waals surface area contributed by atoms with Gasteiger partial charge in [-0.15, -0.1) is 0 Å². The van der Waals surface area contributed by atoms with Crippen LogP contribution in [0.4, 0.5) is 11.9 Å². The highest BCUT2D eigenvalue weighted by molar-refractivity contribution is 7.89. The lowest BCUT2D eigenvalue weighted by atomic mass is 10.3. The first kappa shape index (κ1) is 20.1. The van der Waals surface area contributed by atoms with Gasteiger partial charge < -0.3 is 19.3 Å². The lowest BCUT2D eigenvalue weighted by Gasteiger charge is -2.16. The lowest BCUT2D eigenvalue weighted by Crippen LogP contribution is -2.26. The molecule has 0 fully saturated rings. The molecule has 0 aliphatic carbocycles. The number of anilines is 2. The van der Waals surface area contributed by atoms with Crippen LogP contribution in [0.3, 0.4) is 0 Å². The van der Waals surface area contributed by atoms with Crippen molar-refractivity contribution in [1.82, 2.24) is 19.7 Å². The number of hydrogen-bond donors (Lipinski definition) is 1. The number of nitrogens with zero attached hydrogens (tertiary/aromatic N) is 5. The number of rotatable bonds is 6. The van der Waals surface area contributed by atoms with E-state index >= 15 is 0 Å². The molecule has 0 spiro atoms. The van der Waals surface area contributed by atoms with E-state index in [1.165, 1.54) is 12.1 Å². The molecule has 0 unspecified atom stereocenters. The van der Waals surface area contributed by atoms with Crippen LogP contribution < -0.4 is 24.0 Å². The molecule has 2 heterocycles. The van der Waals surface area contributed by atoms with E-state index in [2.05, 4.69) is 19.7 Å². The SMILES string of the molecule is CN(C)c1nc(CNS(=O)(=O)c2ccc3c(c2)OCCCO3)nc(N(C)C)n1. The Labute approximate surface area is 164 Å². The molecule has 3 rings (SSSR count). The van der Waals surface area contributed by atoms with Crippen LogP contribution in [0.25, 0.3) is 0 Å². The first-order valence-corrected chi connectivity index (χ1v) is 10.2. The highest BCUT2D eigenvalue weighted by atomic mass is 32.2. The maximum atomic E-state index is 12.7. The fourth-order valence-electron chi connectivity index (χ4n) is 2.43. The number of nitrogens with one attached hydrogen (secondary N) is 1. The first-order chi connectivity index (χ1) is 13.3. The minimum atomic E-state index is -3.78. The van der Waals surface area contributed by atoms with E-state index in [1.807, 2.05) is 0 Å². The van der Waals surface area contributed by atoms with Crippen molar-refractivity contribution in [3.05, 3.63) is 24.0 Å². The summed E-state index contributed by atoms with van der Waals surface area (Å²) in [7, 11) is 3.44. The summed E-state index contributed by atoms with van der Waals surface area (Å²) in [5.74, 6) is 2.18. The zero-order valence-electron chi connectivity index (χ0n) is 16.3. The Bertz CT molecular complexity index is 922. The molecule has 11 heteroatoms. The molecule has 0 radical (unpaired) electrons. The number of benzene rings is 1. The van der Waals surface area contributed by atoms with Crippen molar-refractivity contribution < 1.29 is 17.9 Å². The van der Waals surface area contributed by atoms with Crippen LogP contribution >= 0.6 is 0 Å². The largest absolute Gasteiger partial charge is 0.490 e. The number of ether oxygens (including phenoxy) is 2. The average Bonchev–Trinajstić information content (AvgIpc) is 2.91. The second kappa shape index (κ2) is 8.15. The monoisotopic (exact) mass is 408 g/mol. The van der Waals surface area contributed by atoms with Crippen molar-refractivity contribution in [3.63, 3.8) is 0 Å². The molecule has 1 aliphatic heterocycles. The first-order valence-electron chi connectivity index (χ1n) is 8.75. The van der Waals surface area contributed by atoms with Gasteiger partial charge in [-0.05, 0) is 12.1 Å². The van der Waals surface area contributed by atoms with Crippen LogP contribution in [0.15, 0.2) is 23.1 Å². The summed E-state index contributed by atoms with van der Waals surface area (Å²) in [6, 6.07) is 4.55. The van der Waals surface area contributed by atoms with Crippen molar-refractivity contribution in [2.45, 2.75) is 17.9 Å². The van der Waals surface area contributed by atoms with Crippen molar-refractivity contribution >= 4 is 21.9 Å². The third-order valence-electron chi connectivity index (χ3n) is 3.91. The van der Waals surface area contributed by atoms with E-state index in [9.17, 15) is 8.42 Å². The van der Waals surface area contributed by atoms with E-state index in [1.54, 1.807) is 44.1 Å². The molecule has 0 bridgehead atoms. The zero-order valence-corrected chi connectivity index (χ0v) is 17.2. The normalized spacial score (nSPS) is 13.7. The summed E-state index contributed by atoms with van der Waals surface area (Å²) >= 11 is 0. The Morgan fingerprint density at radius 3 is 2.18 bits per heavy atom. The van der Waals surface area contributed by atoms with Crippen LogP contribution in [0.2, 0.25) is 0 Å². The fraction of sp³-hybridized carbons (Fsp3) is 0.471. The van der Waals surface area contributed by atoms with Gasteiger partial charge in [0.1, 0.15) is 0 Å². The molecule has 0 atom stereocenters. The summed E-state index contributed by atoms with van der Waals surface area (Å²) in [6.07, 6.45) is 0.747. The van der Waals surface area contributed by atoms with Gasteiger partial charge in [-0.1, -0.05) is 0 Å². The van der Waals surface area contributed by atoms with Crippen molar-refractivity contribution in [2.75, 3.05) is 51.2 Å². The molecule has 0 saturated carbocycles. The molecule has 1 aliphatic rings. The summed E-state index contributed by atoms with van der Waals surface area (Å²) in [5.41, 5.74) is 0. The van der Waals surface area contributed by atoms with Crippen molar-refractivity contribution in [2.24, 2.45) is 0 Å². The molecule has 1 aromatic carbocycles. The fourth-order valence-corrected chi connectivity index (χ4v) is 3.42. The third kappa shape index (κ3) is 4.60. The highest BCUT2D eigenvalue weighted by Crippen LogP contribution is 2.31. The van der Waals surface area contributed by atoms with E-state index in [-0.39, 0.29) is 11.4 Å². The molecule has 0 amide bonds. The van der Waals surface area contributed by atoms with E-state index < -0.39 is 10.0 Å². The summed E-state index contributed by atoms with van der Waals surface area (Å²) in [5, 5.41) is 0. The molecular weight excluding hydrogens is 384 g/mol. The van der Waals surface area contributed by atoms with E-state index in [4.69, 9.17) is 9.47 Å². The highest BCUT2D eigenvalue weighted by Gasteiger charge is 2.20. The second-order valence-electron chi connectivity index (χ2n) is 6.62. The minimum absolute atomic E-state index is 0.0685. The van der Waals surface area contributed by atoms with Gasteiger partial charge in [-0.3, -0.25) is 0 Å². The van der Waals surface area contributed by atoms with Gasteiger partial charge in [-0.2, -0.15) is 15.0 Å². The van der Waals surface area contributed by atoms with Crippen LogP contribution in [-0.2, 0) is 16.6 Å². The Morgan fingerprint density at radius 2 is 1.57 bits per heavy atom. The van der Waals surface area contributed by atoms with Crippen LogP contribution in [-0.4, -0.2) is 64.8 Å². The molecule has 28 heavy (non-hydrogen) atoms. The van der Waals surface area contributed by atoms with Gasteiger partial charge in [0.15, 0.2) is 17.3 Å². The van der Waals surface area contributed by atoms with E-state index in [0.717, 1.165) is 6.42 Å². The third-order valence-corrected chi connectivity index (χ3v) is 5.31. The van der Waals surface area contributed by atoms with Gasteiger partial charge >= 0.3 is 0 Å². The van der Waals surface area contributed by atoms with Crippen molar-refractivity contribution in [1.29, 1.82) is 0 Å². The van der Waals surface area contributed by atoms with Gasteiger partial charge in [0, 0.05) is 40.7 Å². The van der Waals surface area contributed by atoms with E-state index in [0.29, 0.717) is 42.4 Å². The summed E-state index contributed by atoms with van der Waals surface area (Å²) in [6.45, 7) is 0.954. The Morgan fingerprint density at radius 1 is 0.964 bits per heavy atom. The molecule has 2 aromatic rings. The molecule has 1 N–H and O–H groups in total. The zero-order chi connectivity index (χ0) is 20.3. The molecular formula is C17H24N6O4S. The minimum Gasteiger partial charge on any atom is -0.490 e. The number of fused-ring (bicyclic) bond motifs is 1. The van der Waals surface area contributed by atoms with Gasteiger partial charge in [0.2, 0.25) is 21.9 Å². The van der Waals surface area contributed by atoms with Crippen LogP contribution in [0.1, 0.15) is 12.2 Å². The number of hydrogen-bond acceptors (Lipinski definition) is 9. The second-order valence-corrected chi connectivity index (χ2v) is 8.39. The van der Waals surface area contributed by atoms with Gasteiger partial charge in [-0.25, -0.2) is 13.1 Å². The number of aromatic nitrogens is 3. The van der Waals surface area contributed by atoms with Gasteiger partial charge in [0.25, 0.3) is 0 Å². The molecule has 0 saturated heterocycles. The lowest BCUT2D eigenvalue weighted by molar-refractivity contribution is 0.297. The average molecular weight is 408 g/mol. The maximum absolute atomic E-state index is 12.7. The predicted molar refractivity (Wildman–Crippen MR) is 105 cm³/mol. The smallest absolute Gasteiger partial charge is 0.241 e. The quantitative estimate of drug-likeness (QED) is 0.736. The standard InChI is InChI=1S/C17H24N6O4S/c1-22(2)16-19-15(20-17(21-16)23(3)4)11-18-28(24,25)12-6-7-13-14(10-12)27-9-5-8-26-13/h6-7,10,18H,5,8-9,11H2,1-4H3.